The second-order valence-corrected chi connectivity index (χ2v) is 7.09. The Labute approximate surface area is 139 Å². The number of piperidine rings is 1. The van der Waals surface area contributed by atoms with Crippen molar-refractivity contribution < 1.29 is 9.53 Å². The maximum Gasteiger partial charge on any atom is 0.232 e. The fourth-order valence-corrected chi connectivity index (χ4v) is 2.66. The van der Waals surface area contributed by atoms with E-state index in [2.05, 4.69) is 47.7 Å². The second-order valence-electron chi connectivity index (χ2n) is 5.54. The molecule has 1 heterocycles. The Kier molecular flexibility index (Phi) is 9.75. The molecule has 0 saturated carbocycles. The molecule has 1 aliphatic rings. The number of rotatable bonds is 9. The zero-order valence-corrected chi connectivity index (χ0v) is 14.8. The quantitative estimate of drug-likeness (QED) is 0.286. The van der Waals surface area contributed by atoms with Gasteiger partial charge in [0.15, 0.2) is 0 Å². The summed E-state index contributed by atoms with van der Waals surface area (Å²) in [6.07, 6.45) is 2.33. The van der Waals surface area contributed by atoms with Crippen LogP contribution in [-0.2, 0) is 9.53 Å². The first-order valence-corrected chi connectivity index (χ1v) is 8.72. The highest BCUT2D eigenvalue weighted by atomic mass is 32.1. The van der Waals surface area contributed by atoms with E-state index in [1.807, 2.05) is 0 Å². The number of amides is 1. The number of carbonyl (C=O) groups is 1. The van der Waals surface area contributed by atoms with E-state index >= 15 is 0 Å². The number of hydrogen-bond acceptors (Lipinski definition) is 6. The van der Waals surface area contributed by atoms with Gasteiger partial charge in [0.2, 0.25) is 5.91 Å². The van der Waals surface area contributed by atoms with Crippen molar-refractivity contribution >= 4 is 31.2 Å². The maximum absolute atomic E-state index is 11.3. The summed E-state index contributed by atoms with van der Waals surface area (Å²) < 4.78 is 5.55. The Morgan fingerprint density at radius 3 is 2.52 bits per heavy atom. The van der Waals surface area contributed by atoms with Gasteiger partial charge in [-0.05, 0) is 39.8 Å². The minimum atomic E-state index is -0.264. The number of carbonyl (C=O) groups excluding carboxylic acids is 1. The fourth-order valence-electron chi connectivity index (χ4n) is 2.35. The molecule has 1 aliphatic heterocycles. The average Bonchev–Trinajstić information content (AvgIpc) is 2.43. The van der Waals surface area contributed by atoms with Crippen LogP contribution in [0.2, 0.25) is 0 Å². The summed E-state index contributed by atoms with van der Waals surface area (Å²) in [4.78, 5) is 13.7. The van der Waals surface area contributed by atoms with Crippen LogP contribution in [0.4, 0.5) is 0 Å². The van der Waals surface area contributed by atoms with E-state index in [4.69, 9.17) is 4.74 Å². The van der Waals surface area contributed by atoms with Crippen molar-refractivity contribution in [3.05, 3.63) is 0 Å². The van der Waals surface area contributed by atoms with Crippen molar-refractivity contribution in [3.63, 3.8) is 0 Å². The van der Waals surface area contributed by atoms with Crippen molar-refractivity contribution in [2.24, 2.45) is 0 Å². The van der Waals surface area contributed by atoms with Gasteiger partial charge in [-0.2, -0.15) is 25.3 Å². The summed E-state index contributed by atoms with van der Waals surface area (Å²) in [7, 11) is 0. The van der Waals surface area contributed by atoms with E-state index in [-0.39, 0.29) is 16.5 Å². The Balaban J connectivity index is 1.96. The molecule has 2 N–H and O–H groups in total. The smallest absolute Gasteiger partial charge is 0.232 e. The standard InChI is InChI=1S/C14H29N3O2S2/c1-11(20)14(18)15-5-9-19-10-8-17-6-3-13(4-7-17)16-12(2)21/h11-13,16,20-21H,3-10H2,1-2H3,(H,15,18). The van der Waals surface area contributed by atoms with Crippen LogP contribution in [0.15, 0.2) is 0 Å². The van der Waals surface area contributed by atoms with Gasteiger partial charge < -0.3 is 20.3 Å². The number of hydrogen-bond donors (Lipinski definition) is 4. The van der Waals surface area contributed by atoms with Gasteiger partial charge in [-0.1, -0.05) is 0 Å². The predicted molar refractivity (Wildman–Crippen MR) is 93.3 cm³/mol. The normalized spacial score (nSPS) is 20.2. The van der Waals surface area contributed by atoms with E-state index in [1.165, 1.54) is 12.8 Å². The van der Waals surface area contributed by atoms with Crippen molar-refractivity contribution in [1.29, 1.82) is 0 Å². The van der Waals surface area contributed by atoms with Crippen molar-refractivity contribution in [2.75, 3.05) is 39.4 Å². The molecule has 7 heteroatoms. The molecule has 1 saturated heterocycles. The van der Waals surface area contributed by atoms with Crippen LogP contribution in [0.3, 0.4) is 0 Å². The molecule has 1 rings (SSSR count). The van der Waals surface area contributed by atoms with Crippen LogP contribution in [0, 0.1) is 0 Å². The lowest BCUT2D eigenvalue weighted by molar-refractivity contribution is -0.120. The Morgan fingerprint density at radius 1 is 1.29 bits per heavy atom. The molecule has 0 aromatic rings. The van der Waals surface area contributed by atoms with Crippen LogP contribution in [0.5, 0.6) is 0 Å². The molecule has 2 atom stereocenters. The van der Waals surface area contributed by atoms with Gasteiger partial charge in [-0.25, -0.2) is 0 Å². The number of nitrogens with zero attached hydrogens (tertiary/aromatic N) is 1. The SMILES string of the molecule is CC(S)NC1CCN(CCOCCNC(=O)C(C)S)CC1. The van der Waals surface area contributed by atoms with Gasteiger partial charge in [-0.3, -0.25) is 4.79 Å². The summed E-state index contributed by atoms with van der Waals surface area (Å²) in [5, 5.41) is 6.24. The van der Waals surface area contributed by atoms with Gasteiger partial charge in [-0.15, -0.1) is 0 Å². The minimum absolute atomic E-state index is 0.0464. The molecule has 0 aromatic carbocycles. The van der Waals surface area contributed by atoms with E-state index < -0.39 is 0 Å². The Morgan fingerprint density at radius 2 is 1.95 bits per heavy atom. The minimum Gasteiger partial charge on any atom is -0.378 e. The monoisotopic (exact) mass is 335 g/mol. The highest BCUT2D eigenvalue weighted by Gasteiger charge is 2.19. The number of likely N-dealkylation sites (tertiary alicyclic amines) is 1. The first-order valence-electron chi connectivity index (χ1n) is 7.69. The third-order valence-corrected chi connectivity index (χ3v) is 3.92. The molecule has 21 heavy (non-hydrogen) atoms. The lowest BCUT2D eigenvalue weighted by Gasteiger charge is -2.33. The van der Waals surface area contributed by atoms with Gasteiger partial charge in [0, 0.05) is 24.5 Å². The average molecular weight is 336 g/mol. The zero-order valence-electron chi connectivity index (χ0n) is 13.0. The van der Waals surface area contributed by atoms with Crippen molar-refractivity contribution in [1.82, 2.24) is 15.5 Å². The molecule has 5 nitrogen and oxygen atoms in total. The largest absolute Gasteiger partial charge is 0.378 e. The van der Waals surface area contributed by atoms with Crippen LogP contribution in [0.1, 0.15) is 26.7 Å². The Bertz CT molecular complexity index is 296. The molecule has 1 fully saturated rings. The summed E-state index contributed by atoms with van der Waals surface area (Å²) >= 11 is 8.43. The summed E-state index contributed by atoms with van der Waals surface area (Å²) in [6, 6.07) is 0.591. The summed E-state index contributed by atoms with van der Waals surface area (Å²) in [6.45, 7) is 8.82. The lowest BCUT2D eigenvalue weighted by Crippen LogP contribution is -2.45. The number of nitrogens with one attached hydrogen (secondary N) is 2. The molecule has 0 spiro atoms. The topological polar surface area (TPSA) is 53.6 Å². The molecule has 124 valence electrons. The first-order chi connectivity index (χ1) is 9.99. The predicted octanol–water partition coefficient (Wildman–Crippen LogP) is 0.767. The van der Waals surface area contributed by atoms with Gasteiger partial charge in [0.25, 0.3) is 0 Å². The molecular weight excluding hydrogens is 306 g/mol. The van der Waals surface area contributed by atoms with Crippen molar-refractivity contribution in [3.8, 4) is 0 Å². The van der Waals surface area contributed by atoms with Crippen LogP contribution >= 0.6 is 25.3 Å². The Hall–Kier alpha value is 0.0500. The van der Waals surface area contributed by atoms with E-state index in [0.29, 0.717) is 25.8 Å². The number of ether oxygens (including phenoxy) is 1. The highest BCUT2D eigenvalue weighted by molar-refractivity contribution is 7.81. The molecule has 0 aliphatic carbocycles. The third kappa shape index (κ3) is 8.93. The van der Waals surface area contributed by atoms with Gasteiger partial charge in [0.1, 0.15) is 0 Å². The van der Waals surface area contributed by atoms with E-state index in [1.54, 1.807) is 6.92 Å². The lowest BCUT2D eigenvalue weighted by atomic mass is 10.1. The van der Waals surface area contributed by atoms with Gasteiger partial charge >= 0.3 is 0 Å². The molecule has 1 amide bonds. The fraction of sp³-hybridized carbons (Fsp3) is 0.929. The van der Waals surface area contributed by atoms with Crippen molar-refractivity contribution in [2.45, 2.75) is 43.4 Å². The summed E-state index contributed by atoms with van der Waals surface area (Å²) in [5.74, 6) is -0.0464. The van der Waals surface area contributed by atoms with E-state index in [9.17, 15) is 4.79 Å². The zero-order chi connectivity index (χ0) is 15.7. The molecular formula is C14H29N3O2S2. The number of thiol groups is 2. The van der Waals surface area contributed by atoms with Gasteiger partial charge in [0.05, 0.1) is 18.5 Å². The first kappa shape index (κ1) is 19.1. The summed E-state index contributed by atoms with van der Waals surface area (Å²) in [5.41, 5.74) is 0. The highest BCUT2D eigenvalue weighted by Crippen LogP contribution is 2.11. The molecule has 0 aromatic heterocycles. The molecule has 0 radical (unpaired) electrons. The third-order valence-electron chi connectivity index (χ3n) is 3.54. The van der Waals surface area contributed by atoms with Crippen LogP contribution in [0.25, 0.3) is 0 Å². The van der Waals surface area contributed by atoms with Crippen LogP contribution < -0.4 is 10.6 Å². The molecule has 0 bridgehead atoms. The maximum atomic E-state index is 11.3. The van der Waals surface area contributed by atoms with E-state index in [0.717, 1.165) is 19.6 Å². The molecule has 2 unspecified atom stereocenters. The second kappa shape index (κ2) is 10.7. The van der Waals surface area contributed by atoms with Crippen LogP contribution in [-0.4, -0.2) is 66.9 Å².